The molecule has 0 radical (unpaired) electrons. The van der Waals surface area contributed by atoms with E-state index in [1.165, 1.54) is 16.0 Å². The van der Waals surface area contributed by atoms with Gasteiger partial charge in [0.1, 0.15) is 10.8 Å². The minimum atomic E-state index is -0.0624. The van der Waals surface area contributed by atoms with Crippen LogP contribution in [0, 0.1) is 0 Å². The number of aryl methyl sites for hydroxylation is 2. The Morgan fingerprint density at radius 1 is 1.31 bits per heavy atom. The van der Waals surface area contributed by atoms with E-state index in [0.29, 0.717) is 19.5 Å². The Bertz CT molecular complexity index is 1070. The number of thiazole rings is 1. The van der Waals surface area contributed by atoms with Crippen molar-refractivity contribution in [2.75, 3.05) is 6.54 Å². The molecule has 1 aromatic carbocycles. The maximum Gasteiger partial charge on any atom is 0.345 e. The van der Waals surface area contributed by atoms with Crippen LogP contribution in [0.15, 0.2) is 38.9 Å². The van der Waals surface area contributed by atoms with Gasteiger partial charge in [-0.05, 0) is 31.4 Å². The van der Waals surface area contributed by atoms with Crippen molar-refractivity contribution in [1.82, 2.24) is 24.6 Å². The third kappa shape index (κ3) is 4.84. The average Bonchev–Trinajstić information content (AvgIpc) is 3.30. The summed E-state index contributed by atoms with van der Waals surface area (Å²) in [7, 11) is 0. The van der Waals surface area contributed by atoms with E-state index in [2.05, 4.69) is 31.3 Å². The summed E-state index contributed by atoms with van der Waals surface area (Å²) in [6.45, 7) is 1.79. The van der Waals surface area contributed by atoms with Gasteiger partial charge in [-0.15, -0.1) is 11.3 Å². The van der Waals surface area contributed by atoms with Crippen LogP contribution in [0.4, 0.5) is 0 Å². The van der Waals surface area contributed by atoms with E-state index in [0.717, 1.165) is 52.4 Å². The Morgan fingerprint density at radius 2 is 2.21 bits per heavy atom. The molecule has 0 bridgehead atoms. The highest BCUT2D eigenvalue weighted by Crippen LogP contribution is 2.26. The molecule has 4 rings (SSSR count). The van der Waals surface area contributed by atoms with Crippen molar-refractivity contribution in [3.63, 3.8) is 0 Å². The number of rotatable bonds is 7. The first-order chi connectivity index (χ1) is 14.1. The number of carbonyl (C=O) groups excluding carboxylic acids is 1. The lowest BCUT2D eigenvalue weighted by molar-refractivity contribution is -0.120. The van der Waals surface area contributed by atoms with Crippen LogP contribution >= 0.6 is 27.3 Å². The zero-order valence-electron chi connectivity index (χ0n) is 15.9. The van der Waals surface area contributed by atoms with Crippen molar-refractivity contribution >= 4 is 33.2 Å². The third-order valence-corrected chi connectivity index (χ3v) is 6.30. The van der Waals surface area contributed by atoms with Crippen molar-refractivity contribution in [2.24, 2.45) is 0 Å². The van der Waals surface area contributed by atoms with E-state index in [1.54, 1.807) is 4.57 Å². The normalized spacial score (nSPS) is 13.3. The number of nitrogens with one attached hydrogen (secondary N) is 1. The first-order valence-electron chi connectivity index (χ1n) is 9.74. The molecule has 3 heterocycles. The van der Waals surface area contributed by atoms with Crippen molar-refractivity contribution in [1.29, 1.82) is 0 Å². The predicted molar refractivity (Wildman–Crippen MR) is 116 cm³/mol. The van der Waals surface area contributed by atoms with Gasteiger partial charge < -0.3 is 5.32 Å². The number of nitrogens with zero attached hydrogens (tertiary/aromatic N) is 4. The largest absolute Gasteiger partial charge is 0.356 e. The van der Waals surface area contributed by atoms with Gasteiger partial charge >= 0.3 is 5.69 Å². The molecule has 7 nitrogen and oxygen atoms in total. The minimum Gasteiger partial charge on any atom is -0.356 e. The molecule has 3 aromatic rings. The summed E-state index contributed by atoms with van der Waals surface area (Å²) < 4.78 is 4.30. The Morgan fingerprint density at radius 3 is 3.03 bits per heavy atom. The number of halogens is 1. The van der Waals surface area contributed by atoms with E-state index in [1.807, 2.05) is 29.6 Å². The maximum atomic E-state index is 12.3. The van der Waals surface area contributed by atoms with Crippen LogP contribution < -0.4 is 11.0 Å². The lowest BCUT2D eigenvalue weighted by Gasteiger charge is -2.09. The number of amides is 1. The van der Waals surface area contributed by atoms with Crippen LogP contribution in [-0.2, 0) is 30.7 Å². The Balaban J connectivity index is 1.25. The van der Waals surface area contributed by atoms with Crippen LogP contribution in [0.1, 0.15) is 30.8 Å². The SMILES string of the molecule is O=C(Cc1csc(-c2cccc(Br)c2)n1)NCCCn1nc2n(c1=O)CCCC2. The third-order valence-electron chi connectivity index (χ3n) is 4.87. The molecule has 1 amide bonds. The summed E-state index contributed by atoms with van der Waals surface area (Å²) in [6, 6.07) is 7.95. The van der Waals surface area contributed by atoms with Crippen LogP contribution in [0.5, 0.6) is 0 Å². The highest BCUT2D eigenvalue weighted by atomic mass is 79.9. The van der Waals surface area contributed by atoms with Gasteiger partial charge in [-0.1, -0.05) is 28.1 Å². The monoisotopic (exact) mass is 475 g/mol. The molecule has 0 unspecified atom stereocenters. The van der Waals surface area contributed by atoms with Crippen LogP contribution in [0.25, 0.3) is 10.6 Å². The average molecular weight is 476 g/mol. The molecule has 1 N–H and O–H groups in total. The predicted octanol–water partition coefficient (Wildman–Crippen LogP) is 3.02. The van der Waals surface area contributed by atoms with Crippen LogP contribution in [-0.4, -0.2) is 31.8 Å². The number of benzene rings is 1. The molecular weight excluding hydrogens is 454 g/mol. The van der Waals surface area contributed by atoms with Crippen LogP contribution in [0.3, 0.4) is 0 Å². The molecule has 0 aliphatic carbocycles. The van der Waals surface area contributed by atoms with Crippen molar-refractivity contribution in [3.05, 3.63) is 56.1 Å². The molecule has 0 saturated heterocycles. The minimum absolute atomic E-state index is 0.0337. The lowest BCUT2D eigenvalue weighted by atomic mass is 10.2. The number of hydrogen-bond donors (Lipinski definition) is 1. The van der Waals surface area contributed by atoms with Gasteiger partial charge in [-0.3, -0.25) is 9.36 Å². The number of carbonyl (C=O) groups is 1. The summed E-state index contributed by atoms with van der Waals surface area (Å²) in [5, 5.41) is 10.1. The van der Waals surface area contributed by atoms with Crippen LogP contribution in [0.2, 0.25) is 0 Å². The zero-order chi connectivity index (χ0) is 20.2. The number of fused-ring (bicyclic) bond motifs is 1. The van der Waals surface area contributed by atoms with Gasteiger partial charge in [0.25, 0.3) is 0 Å². The van der Waals surface area contributed by atoms with Gasteiger partial charge in [0, 0.05) is 41.5 Å². The molecule has 1 aliphatic heterocycles. The molecule has 9 heteroatoms. The lowest BCUT2D eigenvalue weighted by Crippen LogP contribution is -2.30. The highest BCUT2D eigenvalue weighted by molar-refractivity contribution is 9.10. The van der Waals surface area contributed by atoms with Gasteiger partial charge in [0.05, 0.1) is 12.1 Å². The van der Waals surface area contributed by atoms with E-state index >= 15 is 0 Å². The quantitative estimate of drug-likeness (QED) is 0.532. The molecule has 1 aliphatic rings. The Kier molecular flexibility index (Phi) is 6.25. The maximum absolute atomic E-state index is 12.3. The Hall–Kier alpha value is -2.26. The molecule has 152 valence electrons. The van der Waals surface area contributed by atoms with Crippen molar-refractivity contribution < 1.29 is 4.79 Å². The van der Waals surface area contributed by atoms with E-state index in [-0.39, 0.29) is 18.0 Å². The fourth-order valence-corrected chi connectivity index (χ4v) is 4.64. The smallest absolute Gasteiger partial charge is 0.345 e. The summed E-state index contributed by atoms with van der Waals surface area (Å²) >= 11 is 5.00. The van der Waals surface area contributed by atoms with Gasteiger partial charge in [-0.25, -0.2) is 14.5 Å². The van der Waals surface area contributed by atoms with Crippen molar-refractivity contribution in [2.45, 2.75) is 45.2 Å². The zero-order valence-corrected chi connectivity index (χ0v) is 18.3. The standard InChI is InChI=1S/C20H22BrN5O2S/c21-15-6-3-5-14(11-15)19-23-16(13-29-19)12-18(27)22-8-4-10-26-20(28)25-9-2-1-7-17(25)24-26/h3,5-6,11,13H,1-2,4,7-10,12H2,(H,22,27). The van der Waals surface area contributed by atoms with Crippen molar-refractivity contribution in [3.8, 4) is 10.6 Å². The number of hydrogen-bond acceptors (Lipinski definition) is 5. The molecule has 2 aromatic heterocycles. The fraction of sp³-hybridized carbons (Fsp3) is 0.400. The first-order valence-corrected chi connectivity index (χ1v) is 11.4. The Labute approximate surface area is 180 Å². The molecule has 29 heavy (non-hydrogen) atoms. The summed E-state index contributed by atoms with van der Waals surface area (Å²) in [5.41, 5.74) is 1.76. The van der Waals surface area contributed by atoms with E-state index in [9.17, 15) is 9.59 Å². The summed E-state index contributed by atoms with van der Waals surface area (Å²) in [5.74, 6) is 0.822. The second-order valence-electron chi connectivity index (χ2n) is 7.07. The van der Waals surface area contributed by atoms with Gasteiger partial charge in [0.2, 0.25) is 5.91 Å². The molecule has 0 atom stereocenters. The number of aromatic nitrogens is 4. The van der Waals surface area contributed by atoms with E-state index < -0.39 is 0 Å². The fourth-order valence-electron chi connectivity index (χ4n) is 3.42. The summed E-state index contributed by atoms with van der Waals surface area (Å²) in [6.07, 6.45) is 3.92. The first kappa shape index (κ1) is 20.0. The van der Waals surface area contributed by atoms with Gasteiger partial charge in [0.15, 0.2) is 0 Å². The molecule has 0 spiro atoms. The second kappa shape index (κ2) is 9.04. The molecule has 0 fully saturated rings. The second-order valence-corrected chi connectivity index (χ2v) is 8.84. The summed E-state index contributed by atoms with van der Waals surface area (Å²) in [4.78, 5) is 29.1. The topological polar surface area (TPSA) is 81.8 Å². The highest BCUT2D eigenvalue weighted by Gasteiger charge is 2.16. The van der Waals surface area contributed by atoms with Gasteiger partial charge in [-0.2, -0.15) is 5.10 Å². The molecule has 0 saturated carbocycles. The van der Waals surface area contributed by atoms with E-state index in [4.69, 9.17) is 0 Å². The molecular formula is C20H22BrN5O2S.